The largest absolute Gasteiger partial charge is 0.374 e. The summed E-state index contributed by atoms with van der Waals surface area (Å²) in [6.07, 6.45) is 2.20. The number of rotatable bonds is 3. The average molecular weight is 182 g/mol. The van der Waals surface area contributed by atoms with Crippen LogP contribution in [0, 0.1) is 26.9 Å². The van der Waals surface area contributed by atoms with Gasteiger partial charge < -0.3 is 15.4 Å². The van der Waals surface area contributed by atoms with Crippen molar-refractivity contribution in [1.82, 2.24) is 5.32 Å². The van der Waals surface area contributed by atoms with Crippen LogP contribution in [0.5, 0.6) is 0 Å². The zero-order chi connectivity index (χ0) is 10.5. The van der Waals surface area contributed by atoms with Crippen LogP contribution >= 0.6 is 0 Å². The molecule has 6 heteroatoms. The van der Waals surface area contributed by atoms with Gasteiger partial charge in [-0.15, -0.1) is 0 Å². The van der Waals surface area contributed by atoms with E-state index in [4.69, 9.17) is 10.7 Å². The quantitative estimate of drug-likeness (QED) is 0.289. The third kappa shape index (κ3) is 4.53. The molecule has 0 bridgehead atoms. The zero-order valence-electron chi connectivity index (χ0n) is 7.37. The lowest BCUT2D eigenvalue weighted by Crippen LogP contribution is -2.33. The third-order valence-corrected chi connectivity index (χ3v) is 1.16. The molecule has 0 saturated heterocycles. The monoisotopic (exact) mass is 182 g/mol. The van der Waals surface area contributed by atoms with Crippen LogP contribution in [0.2, 0.25) is 0 Å². The van der Waals surface area contributed by atoms with Crippen molar-refractivity contribution in [3.05, 3.63) is 22.4 Å². The van der Waals surface area contributed by atoms with Crippen molar-refractivity contribution in [1.29, 1.82) is 10.7 Å². The molecule has 0 aliphatic heterocycles. The van der Waals surface area contributed by atoms with Gasteiger partial charge >= 0.3 is 5.84 Å². The highest BCUT2D eigenvalue weighted by Crippen LogP contribution is 1.97. The maximum atomic E-state index is 9.96. The molecule has 0 aromatic heterocycles. The van der Waals surface area contributed by atoms with Crippen LogP contribution in [0.1, 0.15) is 13.8 Å². The van der Waals surface area contributed by atoms with Crippen molar-refractivity contribution < 1.29 is 4.92 Å². The van der Waals surface area contributed by atoms with E-state index in [1.165, 1.54) is 6.20 Å². The van der Waals surface area contributed by atoms with E-state index in [-0.39, 0.29) is 0 Å². The summed E-state index contributed by atoms with van der Waals surface area (Å²) in [5.41, 5.74) is -0.784. The number of hydrogen-bond donors (Lipinski definition) is 2. The molecule has 0 aromatic rings. The van der Waals surface area contributed by atoms with Crippen LogP contribution in [-0.4, -0.2) is 16.3 Å². The summed E-state index contributed by atoms with van der Waals surface area (Å²) in [6, 6.07) is 1.94. The van der Waals surface area contributed by atoms with Crippen LogP contribution in [0.4, 0.5) is 0 Å². The lowest BCUT2D eigenvalue weighted by molar-refractivity contribution is -0.349. The van der Waals surface area contributed by atoms with Crippen molar-refractivity contribution in [3.8, 4) is 6.07 Å². The highest BCUT2D eigenvalue weighted by molar-refractivity contribution is 5.82. The molecular formula is C7H10N4O2. The minimum Gasteiger partial charge on any atom is -0.374 e. The van der Waals surface area contributed by atoms with Gasteiger partial charge in [0, 0.05) is 6.20 Å². The Morgan fingerprint density at radius 2 is 2.31 bits per heavy atom. The normalized spacial score (nSPS) is 10.8. The summed E-state index contributed by atoms with van der Waals surface area (Å²) < 4.78 is 0. The topological polar surface area (TPSA) is 103 Å². The lowest BCUT2D eigenvalue weighted by Gasteiger charge is -2.14. The van der Waals surface area contributed by atoms with Crippen molar-refractivity contribution in [2.75, 3.05) is 0 Å². The van der Waals surface area contributed by atoms with Crippen molar-refractivity contribution in [3.63, 3.8) is 0 Å². The van der Waals surface area contributed by atoms with Gasteiger partial charge in [0.25, 0.3) is 0 Å². The predicted molar refractivity (Wildman–Crippen MR) is 46.7 cm³/mol. The maximum absolute atomic E-state index is 9.96. The van der Waals surface area contributed by atoms with E-state index in [9.17, 15) is 10.1 Å². The molecule has 2 N–H and O–H groups in total. The van der Waals surface area contributed by atoms with Gasteiger partial charge in [-0.05, 0) is 18.8 Å². The van der Waals surface area contributed by atoms with Crippen LogP contribution in [0.3, 0.4) is 0 Å². The van der Waals surface area contributed by atoms with E-state index in [1.807, 2.05) is 6.07 Å². The fourth-order valence-electron chi connectivity index (χ4n) is 0.422. The number of amidine groups is 1. The van der Waals surface area contributed by atoms with Gasteiger partial charge in [0.15, 0.2) is 0 Å². The highest BCUT2D eigenvalue weighted by Gasteiger charge is 2.12. The number of nitrogens with zero attached hydrogens (tertiary/aromatic N) is 2. The van der Waals surface area contributed by atoms with Gasteiger partial charge in [-0.1, -0.05) is 5.41 Å². The van der Waals surface area contributed by atoms with E-state index >= 15 is 0 Å². The molecule has 0 aliphatic carbocycles. The second kappa shape index (κ2) is 4.21. The first-order chi connectivity index (χ1) is 5.89. The van der Waals surface area contributed by atoms with Crippen LogP contribution in [0.15, 0.2) is 12.3 Å². The Morgan fingerprint density at radius 3 is 2.69 bits per heavy atom. The molecule has 0 heterocycles. The van der Waals surface area contributed by atoms with E-state index in [0.717, 1.165) is 6.08 Å². The molecule has 0 radical (unpaired) electrons. The first-order valence-electron chi connectivity index (χ1n) is 3.47. The van der Waals surface area contributed by atoms with E-state index < -0.39 is 16.3 Å². The van der Waals surface area contributed by atoms with Crippen molar-refractivity contribution in [2.45, 2.75) is 19.4 Å². The molecule has 0 saturated carbocycles. The molecule has 0 rings (SSSR count). The van der Waals surface area contributed by atoms with E-state index in [2.05, 4.69) is 5.32 Å². The van der Waals surface area contributed by atoms with Crippen LogP contribution < -0.4 is 5.32 Å². The Morgan fingerprint density at radius 1 is 1.77 bits per heavy atom. The molecule has 0 spiro atoms. The second-order valence-corrected chi connectivity index (χ2v) is 2.86. The Kier molecular flexibility index (Phi) is 3.59. The zero-order valence-corrected chi connectivity index (χ0v) is 7.37. The second-order valence-electron chi connectivity index (χ2n) is 2.86. The fourth-order valence-corrected chi connectivity index (χ4v) is 0.422. The van der Waals surface area contributed by atoms with Crippen LogP contribution in [0.25, 0.3) is 0 Å². The van der Waals surface area contributed by atoms with Gasteiger partial charge in [0.2, 0.25) is 0 Å². The molecule has 0 amide bonds. The van der Waals surface area contributed by atoms with Gasteiger partial charge in [0.05, 0.1) is 12.1 Å². The predicted octanol–water partition coefficient (Wildman–Crippen LogP) is 0.646. The average Bonchev–Trinajstić information content (AvgIpc) is 2.04. The summed E-state index contributed by atoms with van der Waals surface area (Å²) in [7, 11) is 0. The number of nitriles is 1. The summed E-state index contributed by atoms with van der Waals surface area (Å²) in [5.74, 6) is -0.721. The summed E-state index contributed by atoms with van der Waals surface area (Å²) >= 11 is 0. The Bertz CT molecular complexity index is 287. The molecule has 0 fully saturated rings. The van der Waals surface area contributed by atoms with Gasteiger partial charge in [-0.25, -0.2) is 0 Å². The van der Waals surface area contributed by atoms with Crippen molar-refractivity contribution >= 4 is 5.84 Å². The molecular weight excluding hydrogens is 172 g/mol. The van der Waals surface area contributed by atoms with Crippen molar-refractivity contribution in [2.24, 2.45) is 0 Å². The summed E-state index contributed by atoms with van der Waals surface area (Å²) in [6.45, 7) is 3.24. The summed E-state index contributed by atoms with van der Waals surface area (Å²) in [5, 5.41) is 27.9. The Labute approximate surface area is 75.5 Å². The highest BCUT2D eigenvalue weighted by atomic mass is 16.6. The molecule has 0 aliphatic rings. The lowest BCUT2D eigenvalue weighted by atomic mass is 10.1. The molecule has 70 valence electrons. The van der Waals surface area contributed by atoms with E-state index in [0.29, 0.717) is 0 Å². The summed E-state index contributed by atoms with van der Waals surface area (Å²) in [4.78, 5) is 9.14. The van der Waals surface area contributed by atoms with Gasteiger partial charge in [0.1, 0.15) is 5.54 Å². The first-order valence-corrected chi connectivity index (χ1v) is 3.47. The molecule has 0 unspecified atom stereocenters. The molecule has 0 atom stereocenters. The minimum absolute atomic E-state index is 0.721. The standard InChI is InChI=1S/C7H10N4O2/c1-7(2,5-8)10-4-3-6(9)11(12)13/h3-4,9-10H,1-2H3/b4-3-,9-6?. The number of hydrogen-bond acceptors (Lipinski definition) is 5. The Hall–Kier alpha value is -1.90. The molecule has 13 heavy (non-hydrogen) atoms. The molecule has 6 nitrogen and oxygen atoms in total. The van der Waals surface area contributed by atoms with E-state index in [1.54, 1.807) is 13.8 Å². The fraction of sp³-hybridized carbons (Fsp3) is 0.429. The van der Waals surface area contributed by atoms with Gasteiger partial charge in [-0.2, -0.15) is 5.26 Å². The molecule has 0 aromatic carbocycles. The first kappa shape index (κ1) is 11.1. The number of nitrogens with one attached hydrogen (secondary N) is 2. The third-order valence-electron chi connectivity index (χ3n) is 1.16. The van der Waals surface area contributed by atoms with Gasteiger partial charge in [-0.3, -0.25) is 0 Å². The number of nitro groups is 1. The smallest absolute Gasteiger partial charge is 0.357 e. The van der Waals surface area contributed by atoms with Crippen LogP contribution in [-0.2, 0) is 0 Å². The Balaban J connectivity index is 4.12. The SMILES string of the molecule is CC(C)(C#N)N/C=C\C(=N)[N+](=O)[O-]. The maximum Gasteiger partial charge on any atom is 0.357 e. The minimum atomic E-state index is -0.822.